The molecule has 19 heavy (non-hydrogen) atoms. The lowest BCUT2D eigenvalue weighted by Crippen LogP contribution is -2.45. The molecule has 3 nitrogen and oxygen atoms in total. The maximum atomic E-state index is 12.5. The molecule has 104 valence electrons. The summed E-state index contributed by atoms with van der Waals surface area (Å²) in [4.78, 5) is 12.7. The molecule has 0 bridgehead atoms. The Kier molecular flexibility index (Phi) is 5.50. The fourth-order valence-electron chi connectivity index (χ4n) is 1.99. The molecule has 0 saturated heterocycles. The third-order valence-corrected chi connectivity index (χ3v) is 4.53. The second-order valence-corrected chi connectivity index (χ2v) is 5.89. The van der Waals surface area contributed by atoms with Crippen molar-refractivity contribution in [1.29, 1.82) is 0 Å². The van der Waals surface area contributed by atoms with Gasteiger partial charge in [-0.3, -0.25) is 4.79 Å². The van der Waals surface area contributed by atoms with Gasteiger partial charge in [0.1, 0.15) is 0 Å². The van der Waals surface area contributed by atoms with E-state index >= 15 is 0 Å². The van der Waals surface area contributed by atoms with E-state index in [0.29, 0.717) is 12.8 Å². The highest BCUT2D eigenvalue weighted by Crippen LogP contribution is 2.31. The summed E-state index contributed by atoms with van der Waals surface area (Å²) in [6.07, 6.45) is 1.18. The van der Waals surface area contributed by atoms with Gasteiger partial charge in [0.2, 0.25) is 5.91 Å². The lowest BCUT2D eigenvalue weighted by atomic mass is 9.81. The number of hydrogen-bond acceptors (Lipinski definition) is 2. The molecule has 1 aromatic rings. The third kappa shape index (κ3) is 3.34. The molecule has 0 aliphatic carbocycles. The van der Waals surface area contributed by atoms with Gasteiger partial charge in [0, 0.05) is 4.47 Å². The van der Waals surface area contributed by atoms with Crippen molar-refractivity contribution < 1.29 is 4.79 Å². The molecule has 0 unspecified atom stereocenters. The molecule has 5 heteroatoms. The fraction of sp³-hybridized carbons (Fsp3) is 0.429. The molecule has 0 fully saturated rings. The van der Waals surface area contributed by atoms with Crippen LogP contribution in [-0.4, -0.2) is 10.9 Å². The van der Waals surface area contributed by atoms with Gasteiger partial charge in [0.15, 0.2) is 0 Å². The van der Waals surface area contributed by atoms with Gasteiger partial charge in [-0.05, 0) is 53.4 Å². The van der Waals surface area contributed by atoms with Gasteiger partial charge in [-0.25, -0.2) is 0 Å². The van der Waals surface area contributed by atoms with Gasteiger partial charge in [0.25, 0.3) is 0 Å². The van der Waals surface area contributed by atoms with Gasteiger partial charge in [0.05, 0.1) is 16.1 Å². The van der Waals surface area contributed by atoms with Crippen LogP contribution in [0.1, 0.15) is 32.3 Å². The molecule has 0 atom stereocenters. The quantitative estimate of drug-likeness (QED) is 0.800. The van der Waals surface area contributed by atoms with Gasteiger partial charge in [-0.2, -0.15) is 0 Å². The summed E-state index contributed by atoms with van der Waals surface area (Å²) in [5.41, 5.74) is 6.85. The SMILES string of the molecule is CCC(CC)(C(=O)Nc1ccc(C)cc1Br)C(N)=S. The van der Waals surface area contributed by atoms with Crippen LogP contribution in [0, 0.1) is 12.3 Å². The fourth-order valence-corrected chi connectivity index (χ4v) is 2.97. The zero-order valence-corrected chi connectivity index (χ0v) is 13.8. The number of carbonyl (C=O) groups is 1. The summed E-state index contributed by atoms with van der Waals surface area (Å²) in [6.45, 7) is 5.84. The number of thiocarbonyl (C=S) groups is 1. The summed E-state index contributed by atoms with van der Waals surface area (Å²) < 4.78 is 0.852. The Hall–Kier alpha value is -0.940. The highest BCUT2D eigenvalue weighted by Gasteiger charge is 2.38. The number of aryl methyl sites for hydroxylation is 1. The molecule has 0 radical (unpaired) electrons. The largest absolute Gasteiger partial charge is 0.392 e. The summed E-state index contributed by atoms with van der Waals surface area (Å²) in [7, 11) is 0. The van der Waals surface area contributed by atoms with Crippen LogP contribution in [0.15, 0.2) is 22.7 Å². The van der Waals surface area contributed by atoms with Crippen molar-refractivity contribution in [3.05, 3.63) is 28.2 Å². The van der Waals surface area contributed by atoms with Crippen molar-refractivity contribution in [2.75, 3.05) is 5.32 Å². The van der Waals surface area contributed by atoms with E-state index in [9.17, 15) is 4.79 Å². The van der Waals surface area contributed by atoms with E-state index < -0.39 is 5.41 Å². The van der Waals surface area contributed by atoms with Crippen LogP contribution in [-0.2, 0) is 4.79 Å². The van der Waals surface area contributed by atoms with Crippen LogP contribution in [0.2, 0.25) is 0 Å². The normalized spacial score (nSPS) is 11.2. The molecule has 1 amide bonds. The zero-order valence-electron chi connectivity index (χ0n) is 11.4. The predicted molar refractivity (Wildman–Crippen MR) is 87.3 cm³/mol. The minimum Gasteiger partial charge on any atom is -0.392 e. The maximum Gasteiger partial charge on any atom is 0.237 e. The molecule has 3 N–H and O–H groups in total. The van der Waals surface area contributed by atoms with E-state index in [4.69, 9.17) is 18.0 Å². The summed E-state index contributed by atoms with van der Waals surface area (Å²) >= 11 is 8.52. The topological polar surface area (TPSA) is 55.1 Å². The molecule has 0 heterocycles. The summed E-state index contributed by atoms with van der Waals surface area (Å²) in [6, 6.07) is 5.77. The number of nitrogens with two attached hydrogens (primary N) is 1. The Bertz CT molecular complexity index is 498. The third-order valence-electron chi connectivity index (χ3n) is 3.49. The Morgan fingerprint density at radius 2 is 2.00 bits per heavy atom. The van der Waals surface area contributed by atoms with Crippen LogP contribution in [0.3, 0.4) is 0 Å². The minimum absolute atomic E-state index is 0.144. The Morgan fingerprint density at radius 3 is 2.42 bits per heavy atom. The number of rotatable bonds is 5. The first-order valence-corrected chi connectivity index (χ1v) is 7.45. The van der Waals surface area contributed by atoms with Gasteiger partial charge >= 0.3 is 0 Å². The van der Waals surface area contributed by atoms with Crippen molar-refractivity contribution in [2.24, 2.45) is 11.1 Å². The Morgan fingerprint density at radius 1 is 1.42 bits per heavy atom. The number of anilines is 1. The Balaban J connectivity index is 3.03. The monoisotopic (exact) mass is 342 g/mol. The van der Waals surface area contributed by atoms with Crippen molar-refractivity contribution in [3.63, 3.8) is 0 Å². The molecular formula is C14H19BrN2OS. The second kappa shape index (κ2) is 6.48. The zero-order chi connectivity index (χ0) is 14.6. The van der Waals surface area contributed by atoms with E-state index in [1.165, 1.54) is 0 Å². The van der Waals surface area contributed by atoms with Crippen LogP contribution >= 0.6 is 28.1 Å². The number of halogens is 1. The first kappa shape index (κ1) is 16.1. The molecule has 1 rings (SSSR count). The highest BCUT2D eigenvalue weighted by atomic mass is 79.9. The van der Waals surface area contributed by atoms with Gasteiger partial charge in [-0.15, -0.1) is 0 Å². The summed E-state index contributed by atoms with van der Waals surface area (Å²) in [5.74, 6) is -0.144. The van der Waals surface area contributed by atoms with E-state index in [1.807, 2.05) is 39.0 Å². The predicted octanol–water partition coefficient (Wildman–Crippen LogP) is 3.79. The minimum atomic E-state index is -0.778. The van der Waals surface area contributed by atoms with Crippen LogP contribution in [0.4, 0.5) is 5.69 Å². The van der Waals surface area contributed by atoms with Crippen molar-refractivity contribution >= 4 is 44.7 Å². The maximum absolute atomic E-state index is 12.5. The first-order valence-electron chi connectivity index (χ1n) is 6.25. The lowest BCUT2D eigenvalue weighted by Gasteiger charge is -2.29. The molecular weight excluding hydrogens is 324 g/mol. The van der Waals surface area contributed by atoms with E-state index in [0.717, 1.165) is 15.7 Å². The standard InChI is InChI=1S/C14H19BrN2OS/c1-4-14(5-2,12(16)19)13(18)17-11-7-6-9(3)8-10(11)15/h6-8H,4-5H2,1-3H3,(H2,16,19)(H,17,18). The number of nitrogens with one attached hydrogen (secondary N) is 1. The van der Waals surface area contributed by atoms with Crippen molar-refractivity contribution in [3.8, 4) is 0 Å². The average molecular weight is 343 g/mol. The van der Waals surface area contributed by atoms with Gasteiger partial charge in [-0.1, -0.05) is 32.1 Å². The number of hydrogen-bond donors (Lipinski definition) is 2. The molecule has 0 aliphatic heterocycles. The molecule has 0 saturated carbocycles. The summed E-state index contributed by atoms with van der Waals surface area (Å²) in [5, 5.41) is 2.91. The Labute approximate surface area is 128 Å². The smallest absolute Gasteiger partial charge is 0.237 e. The van der Waals surface area contributed by atoms with Crippen molar-refractivity contribution in [1.82, 2.24) is 0 Å². The average Bonchev–Trinajstić information content (AvgIpc) is 2.34. The number of benzene rings is 1. The van der Waals surface area contributed by atoms with Crippen LogP contribution < -0.4 is 11.1 Å². The molecule has 0 aromatic heterocycles. The molecule has 0 spiro atoms. The van der Waals surface area contributed by atoms with E-state index in [2.05, 4.69) is 21.2 Å². The second-order valence-electron chi connectivity index (χ2n) is 4.59. The van der Waals surface area contributed by atoms with Gasteiger partial charge < -0.3 is 11.1 Å². The van der Waals surface area contributed by atoms with E-state index in [-0.39, 0.29) is 10.9 Å². The van der Waals surface area contributed by atoms with Crippen LogP contribution in [0.25, 0.3) is 0 Å². The molecule has 0 aliphatic rings. The highest BCUT2D eigenvalue weighted by molar-refractivity contribution is 9.10. The lowest BCUT2D eigenvalue weighted by molar-refractivity contribution is -0.122. The first-order chi connectivity index (χ1) is 8.87. The number of amides is 1. The number of carbonyl (C=O) groups excluding carboxylic acids is 1. The van der Waals surface area contributed by atoms with E-state index in [1.54, 1.807) is 0 Å². The van der Waals surface area contributed by atoms with Crippen LogP contribution in [0.5, 0.6) is 0 Å². The van der Waals surface area contributed by atoms with Crippen molar-refractivity contribution in [2.45, 2.75) is 33.6 Å². The molecule has 1 aromatic carbocycles.